The van der Waals surface area contributed by atoms with E-state index in [0.717, 1.165) is 0 Å². The Kier molecular flexibility index (Phi) is 5.28. The highest BCUT2D eigenvalue weighted by molar-refractivity contribution is 9.10. The Morgan fingerprint density at radius 1 is 1.73 bits per heavy atom. The van der Waals surface area contributed by atoms with E-state index >= 15 is 0 Å². The number of nitrogens with one attached hydrogen (secondary N) is 1. The summed E-state index contributed by atoms with van der Waals surface area (Å²) in [5, 5.41) is 5.30. The highest BCUT2D eigenvalue weighted by atomic mass is 79.9. The fourth-order valence-electron chi connectivity index (χ4n) is 1.13. The van der Waals surface area contributed by atoms with Crippen molar-refractivity contribution in [3.05, 3.63) is 22.4 Å². The first-order valence-electron chi connectivity index (χ1n) is 4.64. The van der Waals surface area contributed by atoms with Crippen molar-refractivity contribution in [3.63, 3.8) is 0 Å². The van der Waals surface area contributed by atoms with Crippen molar-refractivity contribution in [2.24, 2.45) is 0 Å². The molecular weight excluding hydrogens is 278 g/mol. The third-order valence-corrected chi connectivity index (χ3v) is 3.78. The predicted molar refractivity (Wildman–Crippen MR) is 65.5 cm³/mol. The quantitative estimate of drug-likeness (QED) is 0.668. The van der Waals surface area contributed by atoms with Crippen LogP contribution >= 0.6 is 27.3 Å². The molecule has 1 aromatic heterocycles. The number of hydrogen-bond donors (Lipinski definition) is 1. The molecule has 5 heteroatoms. The van der Waals surface area contributed by atoms with Crippen LogP contribution in [-0.2, 0) is 9.53 Å². The Bertz CT molecular complexity index is 302. The van der Waals surface area contributed by atoms with Gasteiger partial charge < -0.3 is 10.1 Å². The monoisotopic (exact) mass is 291 g/mol. The first kappa shape index (κ1) is 12.7. The van der Waals surface area contributed by atoms with Crippen LogP contribution in [0.5, 0.6) is 0 Å². The molecule has 2 atom stereocenters. The second-order valence-corrected chi connectivity index (χ2v) is 5.22. The Balaban J connectivity index is 2.34. The molecule has 1 unspecified atom stereocenters. The molecule has 0 aromatic carbocycles. The molecule has 1 rings (SSSR count). The van der Waals surface area contributed by atoms with Crippen molar-refractivity contribution in [1.29, 1.82) is 0 Å². The van der Waals surface area contributed by atoms with Crippen LogP contribution in [0.15, 0.2) is 17.5 Å². The first-order chi connectivity index (χ1) is 7.15. The smallest absolute Gasteiger partial charge is 0.320 e. The summed E-state index contributed by atoms with van der Waals surface area (Å²) in [6.45, 7) is 2.63. The lowest BCUT2D eigenvalue weighted by molar-refractivity contribution is -0.139. The van der Waals surface area contributed by atoms with E-state index in [1.54, 1.807) is 11.3 Å². The fourth-order valence-corrected chi connectivity index (χ4v) is 2.26. The topological polar surface area (TPSA) is 38.3 Å². The lowest BCUT2D eigenvalue weighted by atomic mass is 10.2. The fraction of sp³-hybridized carbons (Fsp3) is 0.500. The van der Waals surface area contributed by atoms with Gasteiger partial charge in [0.05, 0.1) is 7.11 Å². The normalized spacial score (nSPS) is 14.6. The van der Waals surface area contributed by atoms with Crippen LogP contribution in [-0.4, -0.2) is 24.5 Å². The maximum atomic E-state index is 11.1. The van der Waals surface area contributed by atoms with Gasteiger partial charge in [0.2, 0.25) is 0 Å². The van der Waals surface area contributed by atoms with E-state index in [1.165, 1.54) is 12.0 Å². The molecule has 0 saturated carbocycles. The number of thiophene rings is 1. The summed E-state index contributed by atoms with van der Waals surface area (Å²) in [6, 6.07) is 4.35. The summed E-state index contributed by atoms with van der Waals surface area (Å²) in [5.74, 6) is -0.249. The second kappa shape index (κ2) is 6.25. The number of rotatable bonds is 5. The first-order valence-corrected chi connectivity index (χ1v) is 6.43. The second-order valence-electron chi connectivity index (χ2n) is 3.14. The van der Waals surface area contributed by atoms with Gasteiger partial charge in [0.15, 0.2) is 0 Å². The maximum absolute atomic E-state index is 11.1. The Morgan fingerprint density at radius 3 is 3.00 bits per heavy atom. The van der Waals surface area contributed by atoms with E-state index in [9.17, 15) is 4.79 Å². The maximum Gasteiger partial charge on any atom is 0.320 e. The number of methoxy groups -OCH3 is 1. The zero-order valence-electron chi connectivity index (χ0n) is 8.70. The summed E-state index contributed by atoms with van der Waals surface area (Å²) in [5.41, 5.74) is 0. The van der Waals surface area contributed by atoms with Gasteiger partial charge >= 0.3 is 5.97 Å². The average Bonchev–Trinajstić information content (AvgIpc) is 2.77. The molecule has 0 aliphatic rings. The standard InChI is InChI=1S/C10H14BrNO2S/c1-7(9-4-3-5-15-9)12-6-8(11)10(13)14-2/h3-5,7-8,12H,6H2,1-2H3/t7-,8?/m1/s1. The molecule has 0 aliphatic heterocycles. The SMILES string of the molecule is COC(=O)C(Br)CN[C@H](C)c1cccs1. The molecule has 84 valence electrons. The Labute approximate surface area is 102 Å². The Morgan fingerprint density at radius 2 is 2.47 bits per heavy atom. The summed E-state index contributed by atoms with van der Waals surface area (Å²) in [4.78, 5) is 12.1. The molecule has 1 heterocycles. The van der Waals surface area contributed by atoms with Gasteiger partial charge in [-0.3, -0.25) is 4.79 Å². The molecule has 15 heavy (non-hydrogen) atoms. The van der Waals surface area contributed by atoms with Crippen molar-refractivity contribution in [3.8, 4) is 0 Å². The van der Waals surface area contributed by atoms with Crippen molar-refractivity contribution in [2.45, 2.75) is 17.8 Å². The predicted octanol–water partition coefficient (Wildman–Crippen LogP) is 2.34. The molecule has 0 aliphatic carbocycles. The number of hydrogen-bond acceptors (Lipinski definition) is 4. The van der Waals surface area contributed by atoms with Gasteiger partial charge in [-0.25, -0.2) is 0 Å². The molecule has 0 bridgehead atoms. The van der Waals surface area contributed by atoms with E-state index < -0.39 is 0 Å². The third-order valence-electron chi connectivity index (χ3n) is 2.03. The van der Waals surface area contributed by atoms with Crippen molar-refractivity contribution < 1.29 is 9.53 Å². The highest BCUT2D eigenvalue weighted by Gasteiger charge is 2.16. The van der Waals surface area contributed by atoms with E-state index in [-0.39, 0.29) is 16.8 Å². The van der Waals surface area contributed by atoms with E-state index in [4.69, 9.17) is 0 Å². The molecule has 1 N–H and O–H groups in total. The Hall–Kier alpha value is -0.390. The lowest BCUT2D eigenvalue weighted by Crippen LogP contribution is -2.31. The summed E-state index contributed by atoms with van der Waals surface area (Å²) >= 11 is 4.96. The number of carbonyl (C=O) groups excluding carboxylic acids is 1. The van der Waals surface area contributed by atoms with Crippen molar-refractivity contribution >= 4 is 33.2 Å². The minimum absolute atomic E-state index is 0.249. The van der Waals surface area contributed by atoms with Crippen molar-refractivity contribution in [1.82, 2.24) is 5.32 Å². The zero-order valence-corrected chi connectivity index (χ0v) is 11.1. The lowest BCUT2D eigenvalue weighted by Gasteiger charge is -2.14. The number of ether oxygens (including phenoxy) is 1. The molecule has 0 radical (unpaired) electrons. The number of esters is 1. The minimum Gasteiger partial charge on any atom is -0.468 e. The van der Waals surface area contributed by atoms with E-state index in [0.29, 0.717) is 6.54 Å². The van der Waals surface area contributed by atoms with Gasteiger partial charge in [-0.05, 0) is 18.4 Å². The number of alkyl halides is 1. The van der Waals surface area contributed by atoms with Gasteiger partial charge in [-0.2, -0.15) is 0 Å². The zero-order chi connectivity index (χ0) is 11.3. The largest absolute Gasteiger partial charge is 0.468 e. The van der Waals surface area contributed by atoms with Crippen LogP contribution in [0.3, 0.4) is 0 Å². The molecular formula is C10H14BrNO2S. The summed E-state index contributed by atoms with van der Waals surface area (Å²) in [7, 11) is 1.39. The third kappa shape index (κ3) is 3.93. The molecule has 0 spiro atoms. The highest BCUT2D eigenvalue weighted by Crippen LogP contribution is 2.18. The van der Waals surface area contributed by atoms with Crippen LogP contribution in [0.2, 0.25) is 0 Å². The molecule has 3 nitrogen and oxygen atoms in total. The van der Waals surface area contributed by atoms with E-state index in [2.05, 4.69) is 39.0 Å². The molecule has 0 amide bonds. The van der Waals surface area contributed by atoms with Gasteiger partial charge in [0, 0.05) is 17.5 Å². The van der Waals surface area contributed by atoms with Gasteiger partial charge in [-0.15, -0.1) is 11.3 Å². The number of halogens is 1. The number of carbonyl (C=O) groups is 1. The van der Waals surface area contributed by atoms with Crippen molar-refractivity contribution in [2.75, 3.05) is 13.7 Å². The van der Waals surface area contributed by atoms with E-state index in [1.807, 2.05) is 11.4 Å². The van der Waals surface area contributed by atoms with Crippen LogP contribution in [0.4, 0.5) is 0 Å². The summed E-state index contributed by atoms with van der Waals surface area (Å²) < 4.78 is 4.61. The summed E-state index contributed by atoms with van der Waals surface area (Å²) in [6.07, 6.45) is 0. The van der Waals surface area contributed by atoms with Crippen LogP contribution in [0.25, 0.3) is 0 Å². The van der Waals surface area contributed by atoms with Gasteiger partial charge in [-0.1, -0.05) is 22.0 Å². The van der Waals surface area contributed by atoms with Gasteiger partial charge in [0.1, 0.15) is 4.83 Å². The van der Waals surface area contributed by atoms with Crippen LogP contribution in [0, 0.1) is 0 Å². The van der Waals surface area contributed by atoms with Crippen LogP contribution in [0.1, 0.15) is 17.8 Å². The molecule has 0 saturated heterocycles. The molecule has 0 fully saturated rings. The average molecular weight is 292 g/mol. The van der Waals surface area contributed by atoms with Crippen LogP contribution < -0.4 is 5.32 Å². The molecule has 1 aromatic rings. The van der Waals surface area contributed by atoms with Gasteiger partial charge in [0.25, 0.3) is 0 Å². The minimum atomic E-state index is -0.287.